The van der Waals surface area contributed by atoms with E-state index in [0.717, 1.165) is 18.2 Å². The molecule has 1 aromatic rings. The predicted molar refractivity (Wildman–Crippen MR) is 54.9 cm³/mol. The second kappa shape index (κ2) is 5.83. The van der Waals surface area contributed by atoms with Gasteiger partial charge in [-0.3, -0.25) is 0 Å². The lowest BCUT2D eigenvalue weighted by Crippen LogP contribution is -2.21. The summed E-state index contributed by atoms with van der Waals surface area (Å²) in [6, 6.07) is 4.28. The maximum absolute atomic E-state index is 12.7. The quantitative estimate of drug-likeness (QED) is 0.851. The van der Waals surface area contributed by atoms with Crippen LogP contribution >= 0.6 is 0 Å². The van der Waals surface area contributed by atoms with E-state index in [2.05, 4.69) is 0 Å². The summed E-state index contributed by atoms with van der Waals surface area (Å²) in [5.41, 5.74) is -1.54. The van der Waals surface area contributed by atoms with Gasteiger partial charge in [0.1, 0.15) is 0 Å². The van der Waals surface area contributed by atoms with Crippen molar-refractivity contribution in [2.45, 2.75) is 12.3 Å². The van der Waals surface area contributed by atoms with E-state index in [1.54, 1.807) is 0 Å². The zero-order valence-electron chi connectivity index (χ0n) is 9.15. The first kappa shape index (κ1) is 14.5. The van der Waals surface area contributed by atoms with Crippen LogP contribution in [0.2, 0.25) is 0 Å². The molecule has 0 fully saturated rings. The van der Waals surface area contributed by atoms with Gasteiger partial charge in [0.15, 0.2) is 6.10 Å². The van der Waals surface area contributed by atoms with Crippen LogP contribution in [0.15, 0.2) is 24.3 Å². The number of carbonyl (C=O) groups is 1. The molecule has 1 aromatic carbocycles. The lowest BCUT2D eigenvalue weighted by atomic mass is 10.0. The number of carboxylic acid groups (broad SMARTS) is 1. The fourth-order valence-corrected chi connectivity index (χ4v) is 1.45. The molecule has 0 bridgehead atoms. The van der Waals surface area contributed by atoms with Crippen LogP contribution in [0.5, 0.6) is 0 Å². The first-order valence-electron chi connectivity index (χ1n) is 4.99. The molecule has 1 atom stereocenters. The molecular formula is C11H11F3O4. The lowest BCUT2D eigenvalue weighted by Gasteiger charge is -2.18. The van der Waals surface area contributed by atoms with Gasteiger partial charge in [-0.05, 0) is 6.07 Å². The molecule has 4 nitrogen and oxygen atoms in total. The van der Waals surface area contributed by atoms with Gasteiger partial charge in [0.05, 0.1) is 18.8 Å². The van der Waals surface area contributed by atoms with E-state index >= 15 is 0 Å². The van der Waals surface area contributed by atoms with Crippen molar-refractivity contribution in [1.29, 1.82) is 0 Å². The smallest absolute Gasteiger partial charge is 0.416 e. The summed E-state index contributed by atoms with van der Waals surface area (Å²) in [6.07, 6.45) is -6.41. The number of hydrogen-bond donors (Lipinski definition) is 2. The molecule has 0 amide bonds. The Morgan fingerprint density at radius 1 is 1.33 bits per heavy atom. The van der Waals surface area contributed by atoms with Gasteiger partial charge in [-0.15, -0.1) is 0 Å². The van der Waals surface area contributed by atoms with E-state index in [-0.39, 0.29) is 6.61 Å². The molecule has 0 heterocycles. The summed E-state index contributed by atoms with van der Waals surface area (Å²) < 4.78 is 42.8. The molecule has 0 saturated carbocycles. The van der Waals surface area contributed by atoms with Crippen molar-refractivity contribution in [1.82, 2.24) is 0 Å². The van der Waals surface area contributed by atoms with E-state index in [4.69, 9.17) is 14.9 Å². The molecule has 7 heteroatoms. The zero-order valence-corrected chi connectivity index (χ0v) is 9.15. The number of aliphatic hydroxyl groups excluding tert-OH is 1. The van der Waals surface area contributed by atoms with Crippen LogP contribution in [0.1, 0.15) is 17.2 Å². The number of carboxylic acids is 1. The SMILES string of the molecule is O=C(O)C(OCCO)c1ccccc1C(F)(F)F. The Balaban J connectivity index is 3.16. The molecule has 0 radical (unpaired) electrons. The Kier molecular flexibility index (Phi) is 4.69. The predicted octanol–water partition coefficient (Wildman–Crippen LogP) is 1.84. The maximum atomic E-state index is 12.7. The standard InChI is InChI=1S/C11H11F3O4/c12-11(13,14)8-4-2-1-3-7(8)9(10(16)17)18-6-5-15/h1-4,9,15H,5-6H2,(H,16,17). The number of aliphatic hydroxyl groups is 1. The summed E-state index contributed by atoms with van der Waals surface area (Å²) in [4.78, 5) is 10.9. The van der Waals surface area contributed by atoms with Gasteiger partial charge in [0, 0.05) is 5.56 Å². The minimum absolute atomic E-state index is 0.358. The Labute approximate surface area is 101 Å². The maximum Gasteiger partial charge on any atom is 0.416 e. The molecular weight excluding hydrogens is 253 g/mol. The van der Waals surface area contributed by atoms with Crippen molar-refractivity contribution in [2.75, 3.05) is 13.2 Å². The minimum atomic E-state index is -4.66. The van der Waals surface area contributed by atoms with Crippen LogP contribution in [-0.4, -0.2) is 29.4 Å². The molecule has 100 valence electrons. The fraction of sp³-hybridized carbons (Fsp3) is 0.364. The van der Waals surface area contributed by atoms with Crippen LogP contribution in [-0.2, 0) is 15.7 Å². The summed E-state index contributed by atoms with van der Waals surface area (Å²) >= 11 is 0. The highest BCUT2D eigenvalue weighted by Gasteiger charge is 2.37. The Bertz CT molecular complexity index is 417. The van der Waals surface area contributed by atoms with E-state index in [1.807, 2.05) is 0 Å². The molecule has 1 unspecified atom stereocenters. The van der Waals surface area contributed by atoms with Crippen LogP contribution in [0.4, 0.5) is 13.2 Å². The highest BCUT2D eigenvalue weighted by Crippen LogP contribution is 2.35. The Morgan fingerprint density at radius 2 is 1.94 bits per heavy atom. The third-order valence-electron chi connectivity index (χ3n) is 2.15. The van der Waals surface area contributed by atoms with Crippen molar-refractivity contribution in [3.63, 3.8) is 0 Å². The van der Waals surface area contributed by atoms with Crippen LogP contribution < -0.4 is 0 Å². The van der Waals surface area contributed by atoms with Crippen LogP contribution in [0.25, 0.3) is 0 Å². The zero-order chi connectivity index (χ0) is 13.8. The van der Waals surface area contributed by atoms with Crippen molar-refractivity contribution < 1.29 is 32.9 Å². The minimum Gasteiger partial charge on any atom is -0.479 e. The normalized spacial score (nSPS) is 13.3. The van der Waals surface area contributed by atoms with Crippen LogP contribution in [0.3, 0.4) is 0 Å². The molecule has 0 saturated heterocycles. The van der Waals surface area contributed by atoms with Gasteiger partial charge in [-0.2, -0.15) is 13.2 Å². The van der Waals surface area contributed by atoms with Crippen molar-refractivity contribution in [3.8, 4) is 0 Å². The second-order valence-electron chi connectivity index (χ2n) is 3.40. The second-order valence-corrected chi connectivity index (χ2v) is 3.40. The summed E-state index contributed by atoms with van der Waals surface area (Å²) in [5.74, 6) is -1.54. The van der Waals surface area contributed by atoms with Crippen LogP contribution in [0, 0.1) is 0 Å². The number of ether oxygens (including phenoxy) is 1. The third-order valence-corrected chi connectivity index (χ3v) is 2.15. The first-order chi connectivity index (χ1) is 8.38. The number of rotatable bonds is 5. The van der Waals surface area contributed by atoms with Gasteiger partial charge in [0.25, 0.3) is 0 Å². The number of aliphatic carboxylic acids is 1. The van der Waals surface area contributed by atoms with E-state index in [9.17, 15) is 18.0 Å². The topological polar surface area (TPSA) is 66.8 Å². The molecule has 18 heavy (non-hydrogen) atoms. The average Bonchev–Trinajstić information content (AvgIpc) is 2.28. The number of halogens is 3. The summed E-state index contributed by atoms with van der Waals surface area (Å²) in [7, 11) is 0. The molecule has 0 aliphatic heterocycles. The van der Waals surface area contributed by atoms with Gasteiger partial charge < -0.3 is 14.9 Å². The molecule has 0 aliphatic rings. The summed E-state index contributed by atoms with van der Waals surface area (Å²) in [5, 5.41) is 17.4. The van der Waals surface area contributed by atoms with Crippen molar-refractivity contribution in [2.24, 2.45) is 0 Å². The number of benzene rings is 1. The fourth-order valence-electron chi connectivity index (χ4n) is 1.45. The van der Waals surface area contributed by atoms with E-state index < -0.39 is 36.0 Å². The van der Waals surface area contributed by atoms with Crippen molar-refractivity contribution in [3.05, 3.63) is 35.4 Å². The first-order valence-corrected chi connectivity index (χ1v) is 4.99. The highest BCUT2D eigenvalue weighted by atomic mass is 19.4. The van der Waals surface area contributed by atoms with Gasteiger partial charge >= 0.3 is 12.1 Å². The van der Waals surface area contributed by atoms with E-state index in [1.165, 1.54) is 6.07 Å². The number of alkyl halides is 3. The van der Waals surface area contributed by atoms with Gasteiger partial charge in [-0.1, -0.05) is 18.2 Å². The Hall–Kier alpha value is -1.60. The molecule has 0 aliphatic carbocycles. The summed E-state index contributed by atoms with van der Waals surface area (Å²) in [6.45, 7) is -0.832. The average molecular weight is 264 g/mol. The molecule has 0 spiro atoms. The molecule has 0 aromatic heterocycles. The molecule has 1 rings (SSSR count). The third kappa shape index (κ3) is 3.44. The van der Waals surface area contributed by atoms with Gasteiger partial charge in [0.2, 0.25) is 0 Å². The monoisotopic (exact) mass is 264 g/mol. The Morgan fingerprint density at radius 3 is 2.44 bits per heavy atom. The van der Waals surface area contributed by atoms with Gasteiger partial charge in [-0.25, -0.2) is 4.79 Å². The highest BCUT2D eigenvalue weighted by molar-refractivity contribution is 5.75. The molecule has 2 N–H and O–H groups in total. The number of hydrogen-bond acceptors (Lipinski definition) is 3. The lowest BCUT2D eigenvalue weighted by molar-refractivity contribution is -0.153. The van der Waals surface area contributed by atoms with Crippen molar-refractivity contribution >= 4 is 5.97 Å². The van der Waals surface area contributed by atoms with E-state index in [0.29, 0.717) is 0 Å². The largest absolute Gasteiger partial charge is 0.479 e.